The van der Waals surface area contributed by atoms with E-state index < -0.39 is 17.2 Å². The van der Waals surface area contributed by atoms with Gasteiger partial charge in [0.2, 0.25) is 5.91 Å². The summed E-state index contributed by atoms with van der Waals surface area (Å²) in [7, 11) is 0. The van der Waals surface area contributed by atoms with Crippen molar-refractivity contribution >= 4 is 12.0 Å². The van der Waals surface area contributed by atoms with Crippen LogP contribution < -0.4 is 5.32 Å². The van der Waals surface area contributed by atoms with Gasteiger partial charge in [0.25, 0.3) is 0 Å². The first-order chi connectivity index (χ1) is 9.61. The van der Waals surface area contributed by atoms with Crippen molar-refractivity contribution in [3.63, 3.8) is 0 Å². The Morgan fingerprint density at radius 1 is 1.52 bits per heavy atom. The lowest BCUT2D eigenvalue weighted by Crippen LogP contribution is -2.63. The van der Waals surface area contributed by atoms with Gasteiger partial charge in [0.05, 0.1) is 12.1 Å². The van der Waals surface area contributed by atoms with Gasteiger partial charge in [0.1, 0.15) is 5.60 Å². The van der Waals surface area contributed by atoms with Gasteiger partial charge in [-0.05, 0) is 33.1 Å². The van der Waals surface area contributed by atoms with Crippen LogP contribution in [0, 0.1) is 5.92 Å². The van der Waals surface area contributed by atoms with E-state index >= 15 is 0 Å². The summed E-state index contributed by atoms with van der Waals surface area (Å²) < 4.78 is 5.37. The molecule has 0 aliphatic carbocycles. The Morgan fingerprint density at radius 2 is 2.14 bits per heavy atom. The Morgan fingerprint density at radius 3 is 2.57 bits per heavy atom. The average molecular weight is 298 g/mol. The summed E-state index contributed by atoms with van der Waals surface area (Å²) in [4.78, 5) is 25.2. The zero-order chi connectivity index (χ0) is 16.3. The van der Waals surface area contributed by atoms with Crippen LogP contribution in [0.5, 0.6) is 0 Å². The van der Waals surface area contributed by atoms with Crippen LogP contribution in [0.15, 0.2) is 12.7 Å². The Bertz CT molecular complexity index is 416. The quantitative estimate of drug-likeness (QED) is 0.770. The standard InChI is InChI=1S/C15H26N2O4/c1-6-12-7-15(10-18,16-11(2)19)9-17(8-12)13(20)21-14(3,4)5/h6,12,18H,1,7-10H2,2-5H3,(H,16,19)/t12-,15+/m0/s1. The molecule has 21 heavy (non-hydrogen) atoms. The lowest BCUT2D eigenvalue weighted by atomic mass is 9.83. The molecule has 2 atom stereocenters. The molecule has 0 saturated carbocycles. The Balaban J connectivity index is 2.92. The lowest BCUT2D eigenvalue weighted by Gasteiger charge is -2.45. The third-order valence-corrected chi connectivity index (χ3v) is 3.33. The van der Waals surface area contributed by atoms with Gasteiger partial charge in [0, 0.05) is 20.0 Å². The number of rotatable bonds is 3. The summed E-state index contributed by atoms with van der Waals surface area (Å²) >= 11 is 0. The molecule has 1 aliphatic rings. The molecule has 1 fully saturated rings. The highest BCUT2D eigenvalue weighted by molar-refractivity contribution is 5.74. The van der Waals surface area contributed by atoms with E-state index in [0.29, 0.717) is 13.0 Å². The van der Waals surface area contributed by atoms with E-state index in [-0.39, 0.29) is 25.0 Å². The number of carbonyl (C=O) groups is 2. The van der Waals surface area contributed by atoms with Gasteiger partial charge < -0.3 is 20.1 Å². The second-order valence-electron chi connectivity index (χ2n) is 6.68. The van der Waals surface area contributed by atoms with Crippen LogP contribution in [-0.4, -0.2) is 52.8 Å². The highest BCUT2D eigenvalue weighted by Gasteiger charge is 2.42. The van der Waals surface area contributed by atoms with Crippen LogP contribution in [-0.2, 0) is 9.53 Å². The van der Waals surface area contributed by atoms with Crippen molar-refractivity contribution in [1.82, 2.24) is 10.2 Å². The van der Waals surface area contributed by atoms with Gasteiger partial charge in [-0.2, -0.15) is 0 Å². The molecule has 0 aromatic rings. The predicted octanol–water partition coefficient (Wildman–Crippen LogP) is 1.30. The van der Waals surface area contributed by atoms with E-state index in [9.17, 15) is 14.7 Å². The molecule has 2 amide bonds. The van der Waals surface area contributed by atoms with Crippen LogP contribution in [0.3, 0.4) is 0 Å². The van der Waals surface area contributed by atoms with Gasteiger partial charge in [-0.15, -0.1) is 6.58 Å². The molecule has 1 saturated heterocycles. The maximum atomic E-state index is 12.2. The topological polar surface area (TPSA) is 78.9 Å². The lowest BCUT2D eigenvalue weighted by molar-refractivity contribution is -0.122. The first-order valence-electron chi connectivity index (χ1n) is 7.11. The minimum absolute atomic E-state index is 0.00901. The van der Waals surface area contributed by atoms with Gasteiger partial charge in [-0.25, -0.2) is 4.79 Å². The van der Waals surface area contributed by atoms with E-state index in [1.807, 2.05) is 0 Å². The number of nitrogens with zero attached hydrogens (tertiary/aromatic N) is 1. The highest BCUT2D eigenvalue weighted by atomic mass is 16.6. The number of ether oxygens (including phenoxy) is 1. The number of aliphatic hydroxyl groups excluding tert-OH is 1. The van der Waals surface area contributed by atoms with Crippen molar-refractivity contribution in [2.24, 2.45) is 5.92 Å². The molecule has 6 nitrogen and oxygen atoms in total. The summed E-state index contributed by atoms with van der Waals surface area (Å²) in [6.07, 6.45) is 1.84. The van der Waals surface area contributed by atoms with Gasteiger partial charge >= 0.3 is 6.09 Å². The summed E-state index contributed by atoms with van der Waals surface area (Å²) in [5.41, 5.74) is -1.44. The van der Waals surface area contributed by atoms with Crippen LogP contribution in [0.1, 0.15) is 34.1 Å². The van der Waals surface area contributed by atoms with E-state index in [2.05, 4.69) is 11.9 Å². The largest absolute Gasteiger partial charge is 0.444 e. The molecule has 0 aromatic heterocycles. The van der Waals surface area contributed by atoms with Crippen molar-refractivity contribution in [2.45, 2.75) is 45.3 Å². The summed E-state index contributed by atoms with van der Waals surface area (Å²) in [6, 6.07) is 0. The molecular weight excluding hydrogens is 272 g/mol. The van der Waals surface area contributed by atoms with Crippen molar-refractivity contribution in [3.05, 3.63) is 12.7 Å². The van der Waals surface area contributed by atoms with Crippen molar-refractivity contribution < 1.29 is 19.4 Å². The first kappa shape index (κ1) is 17.5. The second-order valence-corrected chi connectivity index (χ2v) is 6.68. The molecule has 0 unspecified atom stereocenters. The fourth-order valence-corrected chi connectivity index (χ4v) is 2.59. The minimum atomic E-state index is -0.847. The number of likely N-dealkylation sites (tertiary alicyclic amines) is 1. The van der Waals surface area contributed by atoms with E-state index in [0.717, 1.165) is 0 Å². The zero-order valence-electron chi connectivity index (χ0n) is 13.3. The number of piperidine rings is 1. The number of nitrogens with one attached hydrogen (secondary N) is 1. The second kappa shape index (κ2) is 6.47. The molecule has 120 valence electrons. The first-order valence-corrected chi connectivity index (χ1v) is 7.11. The fourth-order valence-electron chi connectivity index (χ4n) is 2.59. The molecule has 1 heterocycles. The molecule has 0 spiro atoms. The van der Waals surface area contributed by atoms with E-state index in [1.165, 1.54) is 11.8 Å². The molecule has 6 heteroatoms. The third kappa shape index (κ3) is 5.04. The molecule has 0 radical (unpaired) electrons. The monoisotopic (exact) mass is 298 g/mol. The molecule has 2 N–H and O–H groups in total. The smallest absolute Gasteiger partial charge is 0.410 e. The summed E-state index contributed by atoms with van der Waals surface area (Å²) in [5.74, 6) is -0.247. The Labute approximate surface area is 126 Å². The molecule has 1 aliphatic heterocycles. The van der Waals surface area contributed by atoms with Crippen molar-refractivity contribution in [3.8, 4) is 0 Å². The molecule has 0 aromatic carbocycles. The number of hydrogen-bond donors (Lipinski definition) is 2. The van der Waals surface area contributed by atoms with E-state index in [4.69, 9.17) is 4.74 Å². The average Bonchev–Trinajstić information content (AvgIpc) is 2.35. The number of carbonyl (C=O) groups excluding carboxylic acids is 2. The summed E-state index contributed by atoms with van der Waals surface area (Å²) in [5, 5.41) is 12.5. The van der Waals surface area contributed by atoms with E-state index in [1.54, 1.807) is 26.8 Å². The van der Waals surface area contributed by atoms with Gasteiger partial charge in [-0.3, -0.25) is 4.79 Å². The SMILES string of the molecule is C=C[C@@H]1CN(C(=O)OC(C)(C)C)C[C@](CO)(NC(C)=O)C1. The Hall–Kier alpha value is -1.56. The number of amides is 2. The predicted molar refractivity (Wildman–Crippen MR) is 79.7 cm³/mol. The normalized spacial score (nSPS) is 26.1. The number of aliphatic hydroxyl groups is 1. The fraction of sp³-hybridized carbons (Fsp3) is 0.733. The maximum absolute atomic E-state index is 12.2. The van der Waals surface area contributed by atoms with Crippen LogP contribution in [0.2, 0.25) is 0 Å². The molecule has 0 bridgehead atoms. The molecule has 1 rings (SSSR count). The van der Waals surface area contributed by atoms with Crippen LogP contribution >= 0.6 is 0 Å². The van der Waals surface area contributed by atoms with Crippen LogP contribution in [0.4, 0.5) is 4.79 Å². The number of hydrogen-bond acceptors (Lipinski definition) is 4. The molecular formula is C15H26N2O4. The van der Waals surface area contributed by atoms with Crippen molar-refractivity contribution in [1.29, 1.82) is 0 Å². The third-order valence-electron chi connectivity index (χ3n) is 3.33. The Kier molecular flexibility index (Phi) is 5.39. The maximum Gasteiger partial charge on any atom is 0.410 e. The zero-order valence-corrected chi connectivity index (χ0v) is 13.3. The van der Waals surface area contributed by atoms with Gasteiger partial charge in [0.15, 0.2) is 0 Å². The van der Waals surface area contributed by atoms with Crippen LogP contribution in [0.25, 0.3) is 0 Å². The highest BCUT2D eigenvalue weighted by Crippen LogP contribution is 2.27. The summed E-state index contributed by atoms with van der Waals surface area (Å²) in [6.45, 7) is 11.0. The van der Waals surface area contributed by atoms with Crippen molar-refractivity contribution in [2.75, 3.05) is 19.7 Å². The van der Waals surface area contributed by atoms with Gasteiger partial charge in [-0.1, -0.05) is 6.08 Å². The minimum Gasteiger partial charge on any atom is -0.444 e.